The van der Waals surface area contributed by atoms with E-state index in [1.54, 1.807) is 0 Å². The van der Waals surface area contributed by atoms with Gasteiger partial charge in [-0.15, -0.1) is 0 Å². The van der Waals surface area contributed by atoms with E-state index in [1.165, 1.54) is 25.1 Å². The number of non-ortho nitro benzene ring substituents is 1. The highest BCUT2D eigenvalue weighted by Crippen LogP contribution is 2.26. The van der Waals surface area contributed by atoms with Crippen LogP contribution in [0.25, 0.3) is 0 Å². The number of nitrogens with one attached hydrogen (secondary N) is 2. The first-order valence-corrected chi connectivity index (χ1v) is 6.44. The van der Waals surface area contributed by atoms with E-state index in [2.05, 4.69) is 26.6 Å². The molecule has 1 aromatic rings. The van der Waals surface area contributed by atoms with Crippen molar-refractivity contribution >= 4 is 39.3 Å². The van der Waals surface area contributed by atoms with Gasteiger partial charge in [-0.3, -0.25) is 10.1 Å². The number of aliphatic hydroxyl groups is 1. The molecule has 0 saturated carbocycles. The second-order valence-electron chi connectivity index (χ2n) is 4.08. The normalized spacial score (nSPS) is 13.1. The third-order valence-corrected chi connectivity index (χ3v) is 3.10. The van der Waals surface area contributed by atoms with Gasteiger partial charge in [0.1, 0.15) is 0 Å². The number of carbonyl (C=O) groups is 2. The Hall–Kier alpha value is -2.20. The Bertz CT molecular complexity index is 577. The minimum Gasteiger partial charge on any atom is -0.480 e. The second kappa shape index (κ2) is 6.99. The monoisotopic (exact) mass is 361 g/mol. The highest BCUT2D eigenvalue weighted by atomic mass is 79.9. The van der Waals surface area contributed by atoms with E-state index < -0.39 is 29.1 Å². The van der Waals surface area contributed by atoms with Gasteiger partial charge >= 0.3 is 12.0 Å². The molecule has 0 aliphatic carbocycles. The Balaban J connectivity index is 2.79. The first-order valence-electron chi connectivity index (χ1n) is 5.64. The molecule has 0 heterocycles. The van der Waals surface area contributed by atoms with Crippen LogP contribution in [0.15, 0.2) is 22.7 Å². The number of carboxylic acid groups (broad SMARTS) is 1. The molecule has 0 unspecified atom stereocenters. The number of halogens is 1. The Morgan fingerprint density at radius 2 is 2.05 bits per heavy atom. The standard InChI is InChI=1S/C11H12BrN3O6/c1-5(16)9(10(17)18)14-11(19)13-8-3-2-6(15(20)21)4-7(8)12/h2-5,9,16H,1H3,(H,17,18)(H2,13,14,19)/t5-,9+/m1/s1. The lowest BCUT2D eigenvalue weighted by atomic mass is 10.2. The van der Waals surface area contributed by atoms with Crippen LogP contribution in [0, 0.1) is 10.1 Å². The fraction of sp³-hybridized carbons (Fsp3) is 0.273. The molecule has 0 aromatic heterocycles. The van der Waals surface area contributed by atoms with Crippen LogP contribution in [0.5, 0.6) is 0 Å². The molecule has 21 heavy (non-hydrogen) atoms. The summed E-state index contributed by atoms with van der Waals surface area (Å²) < 4.78 is 0.260. The molecule has 4 N–H and O–H groups in total. The Morgan fingerprint density at radius 1 is 1.43 bits per heavy atom. The lowest BCUT2D eigenvalue weighted by Gasteiger charge is -2.17. The van der Waals surface area contributed by atoms with Crippen LogP contribution < -0.4 is 10.6 Å². The highest BCUT2D eigenvalue weighted by molar-refractivity contribution is 9.10. The van der Waals surface area contributed by atoms with Gasteiger partial charge in [0, 0.05) is 16.6 Å². The number of aliphatic carboxylic acids is 1. The zero-order valence-electron chi connectivity index (χ0n) is 10.7. The lowest BCUT2D eigenvalue weighted by molar-refractivity contribution is -0.384. The number of urea groups is 1. The summed E-state index contributed by atoms with van der Waals surface area (Å²) in [4.78, 5) is 32.5. The largest absolute Gasteiger partial charge is 0.480 e. The summed E-state index contributed by atoms with van der Waals surface area (Å²) in [6, 6.07) is 1.34. The predicted molar refractivity (Wildman–Crippen MR) is 76.1 cm³/mol. The third-order valence-electron chi connectivity index (χ3n) is 2.45. The summed E-state index contributed by atoms with van der Waals surface area (Å²) in [6.45, 7) is 1.22. The van der Waals surface area contributed by atoms with Crippen molar-refractivity contribution in [2.45, 2.75) is 19.1 Å². The second-order valence-corrected chi connectivity index (χ2v) is 4.93. The summed E-state index contributed by atoms with van der Waals surface area (Å²) in [7, 11) is 0. The van der Waals surface area contributed by atoms with Crippen LogP contribution in [0.1, 0.15) is 6.92 Å². The predicted octanol–water partition coefficient (Wildman–Crippen LogP) is 1.31. The molecule has 114 valence electrons. The van der Waals surface area contributed by atoms with Crippen LogP contribution in [0.2, 0.25) is 0 Å². The SMILES string of the molecule is C[C@@H](O)[C@H](NC(=O)Nc1ccc([N+](=O)[O-])cc1Br)C(=O)O. The van der Waals surface area contributed by atoms with E-state index in [4.69, 9.17) is 5.11 Å². The van der Waals surface area contributed by atoms with Gasteiger partial charge in [-0.1, -0.05) is 0 Å². The van der Waals surface area contributed by atoms with Crippen LogP contribution in [0.4, 0.5) is 16.2 Å². The fourth-order valence-corrected chi connectivity index (χ4v) is 1.87. The number of nitrogens with zero attached hydrogens (tertiary/aromatic N) is 1. The molecule has 0 radical (unpaired) electrons. The number of carboxylic acids is 1. The average molecular weight is 362 g/mol. The quantitative estimate of drug-likeness (QED) is 0.460. The number of nitro groups is 1. The Kier molecular flexibility index (Phi) is 5.61. The van der Waals surface area contributed by atoms with Crippen molar-refractivity contribution in [1.82, 2.24) is 5.32 Å². The maximum absolute atomic E-state index is 11.7. The van der Waals surface area contributed by atoms with Gasteiger partial charge in [-0.05, 0) is 28.9 Å². The first kappa shape index (κ1) is 16.9. The first-order chi connectivity index (χ1) is 9.72. The van der Waals surface area contributed by atoms with Gasteiger partial charge in [-0.2, -0.15) is 0 Å². The van der Waals surface area contributed by atoms with Crippen molar-refractivity contribution < 1.29 is 24.7 Å². The van der Waals surface area contributed by atoms with Crippen LogP contribution >= 0.6 is 15.9 Å². The zero-order valence-corrected chi connectivity index (χ0v) is 12.3. The van der Waals surface area contributed by atoms with E-state index >= 15 is 0 Å². The minimum atomic E-state index is -1.47. The molecule has 2 atom stereocenters. The van der Waals surface area contributed by atoms with E-state index in [0.717, 1.165) is 0 Å². The van der Waals surface area contributed by atoms with Crippen molar-refractivity contribution in [3.05, 3.63) is 32.8 Å². The lowest BCUT2D eigenvalue weighted by Crippen LogP contribution is -2.49. The summed E-state index contributed by atoms with van der Waals surface area (Å²) >= 11 is 3.06. The highest BCUT2D eigenvalue weighted by Gasteiger charge is 2.25. The van der Waals surface area contributed by atoms with Gasteiger partial charge in [0.15, 0.2) is 6.04 Å². The molecule has 9 nitrogen and oxygen atoms in total. The number of aliphatic hydroxyl groups excluding tert-OH is 1. The molecule has 1 rings (SSSR count). The van der Waals surface area contributed by atoms with E-state index in [0.29, 0.717) is 0 Å². The number of hydrogen-bond donors (Lipinski definition) is 4. The molecule has 0 fully saturated rings. The molecular formula is C11H12BrN3O6. The molecule has 0 aliphatic rings. The zero-order chi connectivity index (χ0) is 16.2. The maximum Gasteiger partial charge on any atom is 0.328 e. The smallest absolute Gasteiger partial charge is 0.328 e. The Labute approximate surface area is 127 Å². The van der Waals surface area contributed by atoms with Crippen LogP contribution in [0.3, 0.4) is 0 Å². The number of rotatable bonds is 5. The topological polar surface area (TPSA) is 142 Å². The number of hydrogen-bond acceptors (Lipinski definition) is 5. The summed E-state index contributed by atoms with van der Waals surface area (Å²) in [6.07, 6.45) is -1.28. The number of nitro benzene ring substituents is 1. The average Bonchev–Trinajstić information content (AvgIpc) is 2.37. The number of carbonyl (C=O) groups excluding carboxylic acids is 1. The van der Waals surface area contributed by atoms with Gasteiger partial charge in [0.05, 0.1) is 16.7 Å². The molecule has 1 aromatic carbocycles. The third kappa shape index (κ3) is 4.68. The van der Waals surface area contributed by atoms with Crippen molar-refractivity contribution in [1.29, 1.82) is 0 Å². The summed E-state index contributed by atoms with van der Waals surface area (Å²) in [5.74, 6) is -1.39. The van der Waals surface area contributed by atoms with E-state index in [1.807, 2.05) is 0 Å². The summed E-state index contributed by atoms with van der Waals surface area (Å²) in [5, 5.41) is 33.0. The molecule has 2 amide bonds. The van der Waals surface area contributed by atoms with Crippen molar-refractivity contribution in [3.8, 4) is 0 Å². The van der Waals surface area contributed by atoms with Crippen molar-refractivity contribution in [2.24, 2.45) is 0 Å². The van der Waals surface area contributed by atoms with Crippen molar-refractivity contribution in [3.63, 3.8) is 0 Å². The molecule has 0 saturated heterocycles. The maximum atomic E-state index is 11.7. The molecule has 0 spiro atoms. The molecular weight excluding hydrogens is 350 g/mol. The molecule has 10 heteroatoms. The number of amides is 2. The van der Waals surface area contributed by atoms with Crippen LogP contribution in [-0.4, -0.2) is 39.3 Å². The number of anilines is 1. The van der Waals surface area contributed by atoms with Gasteiger partial charge in [0.25, 0.3) is 5.69 Å². The fourth-order valence-electron chi connectivity index (χ4n) is 1.41. The van der Waals surface area contributed by atoms with E-state index in [-0.39, 0.29) is 15.8 Å². The van der Waals surface area contributed by atoms with Gasteiger partial charge in [-0.25, -0.2) is 9.59 Å². The van der Waals surface area contributed by atoms with Crippen molar-refractivity contribution in [2.75, 3.05) is 5.32 Å². The van der Waals surface area contributed by atoms with Crippen LogP contribution in [-0.2, 0) is 4.79 Å². The minimum absolute atomic E-state index is 0.166. The molecule has 0 aliphatic heterocycles. The summed E-state index contributed by atoms with van der Waals surface area (Å²) in [5.41, 5.74) is 0.0491. The van der Waals surface area contributed by atoms with Gasteiger partial charge < -0.3 is 20.8 Å². The molecule has 0 bridgehead atoms. The number of benzene rings is 1. The van der Waals surface area contributed by atoms with E-state index in [9.17, 15) is 24.8 Å². The van der Waals surface area contributed by atoms with Gasteiger partial charge in [0.2, 0.25) is 0 Å². The Morgan fingerprint density at radius 3 is 2.48 bits per heavy atom.